The van der Waals surface area contributed by atoms with Gasteiger partial charge in [0, 0.05) is 17.8 Å². The van der Waals surface area contributed by atoms with Crippen LogP contribution in [-0.4, -0.2) is 16.7 Å². The molecule has 0 aliphatic heterocycles. The molecule has 2 unspecified atom stereocenters. The molecule has 0 amide bonds. The number of aliphatic hydroxyl groups is 1. The van der Waals surface area contributed by atoms with Gasteiger partial charge in [0.2, 0.25) is 0 Å². The summed E-state index contributed by atoms with van der Waals surface area (Å²) in [5.74, 6) is 0.960. The first-order valence-corrected chi connectivity index (χ1v) is 7.64. The van der Waals surface area contributed by atoms with Crippen LogP contribution in [0, 0.1) is 0 Å². The van der Waals surface area contributed by atoms with Gasteiger partial charge in [-0.15, -0.1) is 0 Å². The molecule has 1 aromatic heterocycles. The minimum Gasteiger partial charge on any atom is -0.494 e. The lowest BCUT2D eigenvalue weighted by Crippen LogP contribution is -2.09. The normalized spacial score (nSPS) is 18.3. The van der Waals surface area contributed by atoms with Gasteiger partial charge in [0.05, 0.1) is 12.7 Å². The number of aromatic nitrogens is 1. The Hall–Kier alpha value is -1.87. The van der Waals surface area contributed by atoms with E-state index in [-0.39, 0.29) is 5.92 Å². The first kappa shape index (κ1) is 14.1. The number of pyridine rings is 1. The van der Waals surface area contributed by atoms with Gasteiger partial charge in [0.1, 0.15) is 5.75 Å². The number of rotatable bonds is 5. The van der Waals surface area contributed by atoms with Crippen LogP contribution in [0.2, 0.25) is 0 Å². The van der Waals surface area contributed by atoms with Crippen molar-refractivity contribution in [3.63, 3.8) is 0 Å². The van der Waals surface area contributed by atoms with E-state index in [9.17, 15) is 5.11 Å². The molecular formula is C18H21NO2. The monoisotopic (exact) mass is 283 g/mol. The molecule has 0 saturated carbocycles. The summed E-state index contributed by atoms with van der Waals surface area (Å²) < 4.78 is 5.58. The first-order valence-electron chi connectivity index (χ1n) is 7.64. The fourth-order valence-corrected chi connectivity index (χ4v) is 2.96. The fraction of sp³-hybridized carbons (Fsp3) is 0.389. The summed E-state index contributed by atoms with van der Waals surface area (Å²) in [6, 6.07) is 11.8. The van der Waals surface area contributed by atoms with Gasteiger partial charge in [0.25, 0.3) is 0 Å². The third-order valence-electron chi connectivity index (χ3n) is 4.08. The Labute approximate surface area is 125 Å². The Bertz CT molecular complexity index is 594. The van der Waals surface area contributed by atoms with E-state index in [2.05, 4.69) is 18.0 Å². The average Bonchev–Trinajstić information content (AvgIpc) is 2.97. The molecule has 2 atom stereocenters. The van der Waals surface area contributed by atoms with Crippen molar-refractivity contribution in [2.75, 3.05) is 6.61 Å². The zero-order valence-electron chi connectivity index (χ0n) is 12.3. The van der Waals surface area contributed by atoms with Gasteiger partial charge in [-0.3, -0.25) is 4.98 Å². The quantitative estimate of drug-likeness (QED) is 0.911. The first-order chi connectivity index (χ1) is 10.3. The van der Waals surface area contributed by atoms with Crippen LogP contribution in [0.15, 0.2) is 42.6 Å². The van der Waals surface area contributed by atoms with Gasteiger partial charge in [-0.2, -0.15) is 0 Å². The highest BCUT2D eigenvalue weighted by Crippen LogP contribution is 2.40. The number of benzene rings is 1. The molecule has 0 spiro atoms. The molecule has 1 aliphatic carbocycles. The Morgan fingerprint density at radius 2 is 2.10 bits per heavy atom. The molecule has 3 rings (SSSR count). The number of aliphatic hydroxyl groups excluding tert-OH is 1. The summed E-state index contributed by atoms with van der Waals surface area (Å²) >= 11 is 0. The topological polar surface area (TPSA) is 42.4 Å². The summed E-state index contributed by atoms with van der Waals surface area (Å²) in [5.41, 5.74) is 3.25. The SMILES string of the molecule is CCCOc1ccc(C(O)C2CCc3cccnc32)cc1. The number of nitrogens with zero attached hydrogens (tertiary/aromatic N) is 1. The van der Waals surface area contributed by atoms with Crippen molar-refractivity contribution < 1.29 is 9.84 Å². The Morgan fingerprint density at radius 3 is 2.86 bits per heavy atom. The fourth-order valence-electron chi connectivity index (χ4n) is 2.96. The smallest absolute Gasteiger partial charge is 0.119 e. The second-order valence-corrected chi connectivity index (χ2v) is 5.56. The van der Waals surface area contributed by atoms with Crippen molar-refractivity contribution in [2.24, 2.45) is 0 Å². The Balaban J connectivity index is 1.75. The van der Waals surface area contributed by atoms with Crippen LogP contribution >= 0.6 is 0 Å². The zero-order valence-corrected chi connectivity index (χ0v) is 12.3. The molecule has 0 radical (unpaired) electrons. The summed E-state index contributed by atoms with van der Waals surface area (Å²) in [7, 11) is 0. The maximum Gasteiger partial charge on any atom is 0.119 e. The molecule has 3 heteroatoms. The molecule has 1 N–H and O–H groups in total. The summed E-state index contributed by atoms with van der Waals surface area (Å²) in [5, 5.41) is 10.7. The predicted molar refractivity (Wildman–Crippen MR) is 82.5 cm³/mol. The van der Waals surface area contributed by atoms with Gasteiger partial charge in [0.15, 0.2) is 0 Å². The summed E-state index contributed by atoms with van der Waals surface area (Å²) in [6.45, 7) is 2.81. The standard InChI is InChI=1S/C18H21NO2/c1-2-12-21-15-8-5-14(6-9-15)18(20)16-10-7-13-4-3-11-19-17(13)16/h3-6,8-9,11,16,18,20H,2,7,10,12H2,1H3. The molecule has 2 aromatic rings. The lowest BCUT2D eigenvalue weighted by atomic mass is 9.93. The van der Waals surface area contributed by atoms with Gasteiger partial charge in [-0.05, 0) is 48.6 Å². The van der Waals surface area contributed by atoms with E-state index in [0.717, 1.165) is 42.9 Å². The van der Waals surface area contributed by atoms with Crippen LogP contribution in [0.25, 0.3) is 0 Å². The van der Waals surface area contributed by atoms with E-state index in [0.29, 0.717) is 0 Å². The molecule has 21 heavy (non-hydrogen) atoms. The Morgan fingerprint density at radius 1 is 1.29 bits per heavy atom. The van der Waals surface area contributed by atoms with E-state index in [1.165, 1.54) is 5.56 Å². The van der Waals surface area contributed by atoms with Crippen molar-refractivity contribution in [3.8, 4) is 5.75 Å². The van der Waals surface area contributed by atoms with Crippen molar-refractivity contribution in [1.82, 2.24) is 4.98 Å². The number of hydrogen-bond donors (Lipinski definition) is 1. The molecule has 0 fully saturated rings. The van der Waals surface area contributed by atoms with Gasteiger partial charge in [-0.1, -0.05) is 25.1 Å². The third kappa shape index (κ3) is 2.93. The second kappa shape index (κ2) is 6.27. The van der Waals surface area contributed by atoms with Crippen molar-refractivity contribution in [1.29, 1.82) is 0 Å². The molecular weight excluding hydrogens is 262 g/mol. The van der Waals surface area contributed by atoms with Crippen molar-refractivity contribution in [2.45, 2.75) is 38.2 Å². The van der Waals surface area contributed by atoms with Crippen LogP contribution in [0.4, 0.5) is 0 Å². The highest BCUT2D eigenvalue weighted by Gasteiger charge is 2.30. The van der Waals surface area contributed by atoms with Gasteiger partial charge < -0.3 is 9.84 Å². The van der Waals surface area contributed by atoms with E-state index in [1.807, 2.05) is 36.5 Å². The highest BCUT2D eigenvalue weighted by atomic mass is 16.5. The average molecular weight is 283 g/mol. The Kier molecular flexibility index (Phi) is 4.20. The number of ether oxygens (including phenoxy) is 1. The molecule has 3 nitrogen and oxygen atoms in total. The predicted octanol–water partition coefficient (Wildman–Crippen LogP) is 3.63. The van der Waals surface area contributed by atoms with Crippen LogP contribution in [0.5, 0.6) is 5.75 Å². The van der Waals surface area contributed by atoms with Crippen molar-refractivity contribution >= 4 is 0 Å². The summed E-state index contributed by atoms with van der Waals surface area (Å²) in [4.78, 5) is 4.46. The van der Waals surface area contributed by atoms with Crippen LogP contribution in [0.1, 0.15) is 48.6 Å². The summed E-state index contributed by atoms with van der Waals surface area (Å²) in [6.07, 6.45) is 4.27. The molecule has 1 aliphatic rings. The molecule has 110 valence electrons. The number of fused-ring (bicyclic) bond motifs is 1. The largest absolute Gasteiger partial charge is 0.494 e. The van der Waals surface area contributed by atoms with Gasteiger partial charge in [-0.25, -0.2) is 0 Å². The highest BCUT2D eigenvalue weighted by molar-refractivity contribution is 5.34. The molecule has 0 bridgehead atoms. The van der Waals surface area contributed by atoms with E-state index < -0.39 is 6.10 Å². The maximum atomic E-state index is 10.7. The van der Waals surface area contributed by atoms with E-state index >= 15 is 0 Å². The van der Waals surface area contributed by atoms with Gasteiger partial charge >= 0.3 is 0 Å². The van der Waals surface area contributed by atoms with E-state index in [1.54, 1.807) is 0 Å². The minimum absolute atomic E-state index is 0.101. The van der Waals surface area contributed by atoms with E-state index in [4.69, 9.17) is 4.74 Å². The third-order valence-corrected chi connectivity index (χ3v) is 4.08. The second-order valence-electron chi connectivity index (χ2n) is 5.56. The zero-order chi connectivity index (χ0) is 14.7. The lowest BCUT2D eigenvalue weighted by Gasteiger charge is -2.19. The van der Waals surface area contributed by atoms with Crippen molar-refractivity contribution in [3.05, 3.63) is 59.4 Å². The number of aryl methyl sites for hydroxylation is 1. The maximum absolute atomic E-state index is 10.7. The lowest BCUT2D eigenvalue weighted by molar-refractivity contribution is 0.143. The van der Waals surface area contributed by atoms with Crippen LogP contribution < -0.4 is 4.74 Å². The molecule has 1 heterocycles. The minimum atomic E-state index is -0.499. The number of hydrogen-bond acceptors (Lipinski definition) is 3. The molecule has 0 saturated heterocycles. The van der Waals surface area contributed by atoms with Crippen LogP contribution in [0.3, 0.4) is 0 Å². The van der Waals surface area contributed by atoms with Crippen LogP contribution in [-0.2, 0) is 6.42 Å². The molecule has 1 aromatic carbocycles.